The Morgan fingerprint density at radius 1 is 1.58 bits per heavy atom. The van der Waals surface area contributed by atoms with Crippen molar-refractivity contribution in [3.63, 3.8) is 0 Å². The zero-order valence-corrected chi connectivity index (χ0v) is 7.00. The lowest BCUT2D eigenvalue weighted by Crippen LogP contribution is -1.96. The number of nitrogen functional groups attached to an aromatic ring is 1. The Bertz CT molecular complexity index is 312. The smallest absolute Gasteiger partial charge is 0.148 e. The van der Waals surface area contributed by atoms with Crippen LogP contribution in [0.25, 0.3) is 0 Å². The molecule has 1 rings (SSSR count). The number of hydrogen-bond acceptors (Lipinski definition) is 2. The molecular formula is C10H11NO. The molecule has 0 saturated carbocycles. The van der Waals surface area contributed by atoms with Gasteiger partial charge in [-0.3, -0.25) is 0 Å². The predicted molar refractivity (Wildman–Crippen MR) is 49.9 cm³/mol. The fourth-order valence-electron chi connectivity index (χ4n) is 0.892. The lowest BCUT2D eigenvalue weighted by Gasteiger charge is -2.06. The minimum atomic E-state index is 0.282. The molecule has 2 nitrogen and oxygen atoms in total. The van der Waals surface area contributed by atoms with Gasteiger partial charge in [0.25, 0.3) is 0 Å². The van der Waals surface area contributed by atoms with E-state index in [-0.39, 0.29) is 6.61 Å². The number of aryl methyl sites for hydroxylation is 1. The average molecular weight is 161 g/mol. The molecule has 0 saturated heterocycles. The van der Waals surface area contributed by atoms with Gasteiger partial charge in [0, 0.05) is 11.8 Å². The molecule has 0 fully saturated rings. The van der Waals surface area contributed by atoms with E-state index in [0.717, 1.165) is 11.3 Å². The summed E-state index contributed by atoms with van der Waals surface area (Å²) < 4.78 is 5.25. The first-order chi connectivity index (χ1) is 5.74. The summed E-state index contributed by atoms with van der Waals surface area (Å²) >= 11 is 0. The SMILES string of the molecule is C#CCOc1cc(N)ccc1C. The molecule has 0 aliphatic heterocycles. The lowest BCUT2D eigenvalue weighted by atomic mass is 10.2. The van der Waals surface area contributed by atoms with Gasteiger partial charge in [-0.2, -0.15) is 0 Å². The van der Waals surface area contributed by atoms with Crippen LogP contribution >= 0.6 is 0 Å². The van der Waals surface area contributed by atoms with Crippen LogP contribution in [0.4, 0.5) is 5.69 Å². The Morgan fingerprint density at radius 2 is 2.33 bits per heavy atom. The molecule has 0 spiro atoms. The van der Waals surface area contributed by atoms with Gasteiger partial charge in [-0.25, -0.2) is 0 Å². The van der Waals surface area contributed by atoms with Crippen LogP contribution in [0.2, 0.25) is 0 Å². The minimum absolute atomic E-state index is 0.282. The number of nitrogens with two attached hydrogens (primary N) is 1. The van der Waals surface area contributed by atoms with E-state index in [0.29, 0.717) is 5.69 Å². The summed E-state index contributed by atoms with van der Waals surface area (Å²) in [5, 5.41) is 0. The molecule has 2 N–H and O–H groups in total. The monoisotopic (exact) mass is 161 g/mol. The molecule has 12 heavy (non-hydrogen) atoms. The van der Waals surface area contributed by atoms with Crippen molar-refractivity contribution in [2.24, 2.45) is 0 Å². The number of ether oxygens (including phenoxy) is 1. The second-order valence-electron chi connectivity index (χ2n) is 2.52. The third kappa shape index (κ3) is 1.93. The highest BCUT2D eigenvalue weighted by atomic mass is 16.5. The third-order valence-electron chi connectivity index (χ3n) is 1.52. The fourth-order valence-corrected chi connectivity index (χ4v) is 0.892. The Labute approximate surface area is 72.3 Å². The van der Waals surface area contributed by atoms with Crippen LogP contribution in [-0.2, 0) is 0 Å². The summed E-state index contributed by atoms with van der Waals surface area (Å²) in [5.41, 5.74) is 7.30. The van der Waals surface area contributed by atoms with Crippen LogP contribution in [-0.4, -0.2) is 6.61 Å². The van der Waals surface area contributed by atoms with Gasteiger partial charge in [-0.15, -0.1) is 6.42 Å². The maximum Gasteiger partial charge on any atom is 0.148 e. The van der Waals surface area contributed by atoms with E-state index < -0.39 is 0 Å². The van der Waals surface area contributed by atoms with Crippen molar-refractivity contribution in [3.8, 4) is 18.1 Å². The Balaban J connectivity index is 2.84. The summed E-state index contributed by atoms with van der Waals surface area (Å²) in [5.74, 6) is 3.16. The normalized spacial score (nSPS) is 9.00. The van der Waals surface area contributed by atoms with E-state index in [4.69, 9.17) is 16.9 Å². The van der Waals surface area contributed by atoms with Crippen molar-refractivity contribution in [3.05, 3.63) is 23.8 Å². The summed E-state index contributed by atoms with van der Waals surface area (Å²) in [6.45, 7) is 2.23. The molecule has 0 amide bonds. The highest BCUT2D eigenvalue weighted by Crippen LogP contribution is 2.20. The van der Waals surface area contributed by atoms with Gasteiger partial charge in [0.1, 0.15) is 12.4 Å². The van der Waals surface area contributed by atoms with Crippen LogP contribution < -0.4 is 10.5 Å². The van der Waals surface area contributed by atoms with Crippen LogP contribution in [0.15, 0.2) is 18.2 Å². The number of terminal acetylenes is 1. The molecule has 0 aliphatic rings. The van der Waals surface area contributed by atoms with E-state index in [1.54, 1.807) is 6.07 Å². The molecule has 1 aromatic carbocycles. The van der Waals surface area contributed by atoms with Crippen molar-refractivity contribution < 1.29 is 4.74 Å². The molecule has 0 atom stereocenters. The maximum absolute atomic E-state index is 5.57. The Hall–Kier alpha value is -1.62. The van der Waals surface area contributed by atoms with Gasteiger partial charge in [0.05, 0.1) is 0 Å². The minimum Gasteiger partial charge on any atom is -0.481 e. The van der Waals surface area contributed by atoms with Gasteiger partial charge in [0.2, 0.25) is 0 Å². The topological polar surface area (TPSA) is 35.2 Å². The molecule has 0 unspecified atom stereocenters. The van der Waals surface area contributed by atoms with Gasteiger partial charge >= 0.3 is 0 Å². The Morgan fingerprint density at radius 3 is 3.00 bits per heavy atom. The van der Waals surface area contributed by atoms with E-state index in [9.17, 15) is 0 Å². The number of hydrogen-bond donors (Lipinski definition) is 1. The van der Waals surface area contributed by atoms with Crippen molar-refractivity contribution >= 4 is 5.69 Å². The third-order valence-corrected chi connectivity index (χ3v) is 1.52. The number of benzene rings is 1. The van der Waals surface area contributed by atoms with E-state index in [1.807, 2.05) is 19.1 Å². The van der Waals surface area contributed by atoms with Crippen molar-refractivity contribution in [1.82, 2.24) is 0 Å². The Kier molecular flexibility index (Phi) is 2.60. The molecule has 0 aromatic heterocycles. The molecule has 0 bridgehead atoms. The molecule has 0 radical (unpaired) electrons. The van der Waals surface area contributed by atoms with Crippen molar-refractivity contribution in [2.75, 3.05) is 12.3 Å². The van der Waals surface area contributed by atoms with Crippen molar-refractivity contribution in [2.45, 2.75) is 6.92 Å². The van der Waals surface area contributed by atoms with Gasteiger partial charge < -0.3 is 10.5 Å². The van der Waals surface area contributed by atoms with Gasteiger partial charge in [-0.1, -0.05) is 12.0 Å². The summed E-state index contributed by atoms with van der Waals surface area (Å²) in [4.78, 5) is 0. The molecule has 1 aromatic rings. The second kappa shape index (κ2) is 3.68. The standard InChI is InChI=1S/C10H11NO/c1-3-6-12-10-7-9(11)5-4-8(10)2/h1,4-5,7H,6,11H2,2H3. The van der Waals surface area contributed by atoms with E-state index in [2.05, 4.69) is 5.92 Å². The zero-order chi connectivity index (χ0) is 8.97. The van der Waals surface area contributed by atoms with Crippen LogP contribution in [0.1, 0.15) is 5.56 Å². The molecule has 2 heteroatoms. The summed E-state index contributed by atoms with van der Waals surface area (Å²) in [6, 6.07) is 5.51. The van der Waals surface area contributed by atoms with E-state index in [1.165, 1.54) is 0 Å². The quantitative estimate of drug-likeness (QED) is 0.528. The lowest BCUT2D eigenvalue weighted by molar-refractivity contribution is 0.368. The number of anilines is 1. The first kappa shape index (κ1) is 8.48. The van der Waals surface area contributed by atoms with Crippen molar-refractivity contribution in [1.29, 1.82) is 0 Å². The zero-order valence-electron chi connectivity index (χ0n) is 7.00. The highest BCUT2D eigenvalue weighted by Gasteiger charge is 1.97. The largest absolute Gasteiger partial charge is 0.481 e. The predicted octanol–water partition coefficient (Wildman–Crippen LogP) is 1.59. The van der Waals surface area contributed by atoms with Gasteiger partial charge in [-0.05, 0) is 18.6 Å². The molecule has 62 valence electrons. The molecule has 0 heterocycles. The van der Waals surface area contributed by atoms with Crippen LogP contribution in [0.5, 0.6) is 5.75 Å². The molecular weight excluding hydrogens is 150 g/mol. The first-order valence-corrected chi connectivity index (χ1v) is 3.66. The summed E-state index contributed by atoms with van der Waals surface area (Å²) in [7, 11) is 0. The maximum atomic E-state index is 5.57. The summed E-state index contributed by atoms with van der Waals surface area (Å²) in [6.07, 6.45) is 5.06. The highest BCUT2D eigenvalue weighted by molar-refractivity contribution is 5.47. The number of rotatable bonds is 2. The van der Waals surface area contributed by atoms with Crippen LogP contribution in [0, 0.1) is 19.3 Å². The van der Waals surface area contributed by atoms with E-state index >= 15 is 0 Å². The fraction of sp³-hybridized carbons (Fsp3) is 0.200. The van der Waals surface area contributed by atoms with Crippen LogP contribution in [0.3, 0.4) is 0 Å². The average Bonchev–Trinajstić information content (AvgIpc) is 2.07. The molecule has 0 aliphatic carbocycles. The first-order valence-electron chi connectivity index (χ1n) is 3.66. The second-order valence-corrected chi connectivity index (χ2v) is 2.52. The van der Waals surface area contributed by atoms with Gasteiger partial charge in [0.15, 0.2) is 0 Å².